The van der Waals surface area contributed by atoms with Crippen LogP contribution in [0.5, 0.6) is 17.2 Å². The van der Waals surface area contributed by atoms with E-state index < -0.39 is 5.91 Å². The number of hydrazone groups is 1. The number of carbonyl (C=O) groups is 2. The summed E-state index contributed by atoms with van der Waals surface area (Å²) in [6, 6.07) is 11.8. The molecular weight excluding hydrogens is 338 g/mol. The van der Waals surface area contributed by atoms with Gasteiger partial charge < -0.3 is 19.9 Å². The maximum absolute atomic E-state index is 12.2. The smallest absolute Gasteiger partial charge is 0.271 e. The number of primary amides is 1. The fourth-order valence-electron chi connectivity index (χ4n) is 2.25. The molecular formula is C18H17N3O5. The Morgan fingerprint density at radius 1 is 1.12 bits per heavy atom. The third-order valence-electron chi connectivity index (χ3n) is 3.61. The highest BCUT2D eigenvalue weighted by Crippen LogP contribution is 2.32. The molecule has 134 valence electrons. The highest BCUT2D eigenvalue weighted by Gasteiger charge is 2.16. The van der Waals surface area contributed by atoms with Crippen molar-refractivity contribution in [1.82, 2.24) is 5.43 Å². The third kappa shape index (κ3) is 4.10. The number of rotatable bonds is 6. The normalized spacial score (nSPS) is 12.6. The van der Waals surface area contributed by atoms with Gasteiger partial charge in [0.2, 0.25) is 6.79 Å². The van der Waals surface area contributed by atoms with Gasteiger partial charge in [0.15, 0.2) is 18.1 Å². The Kier molecular flexibility index (Phi) is 5.02. The van der Waals surface area contributed by atoms with E-state index in [2.05, 4.69) is 10.5 Å². The van der Waals surface area contributed by atoms with Gasteiger partial charge in [0.25, 0.3) is 11.8 Å². The van der Waals surface area contributed by atoms with Crippen LogP contribution in [0.3, 0.4) is 0 Å². The average Bonchev–Trinajstić information content (AvgIpc) is 3.12. The van der Waals surface area contributed by atoms with Gasteiger partial charge in [-0.15, -0.1) is 0 Å². The van der Waals surface area contributed by atoms with Crippen LogP contribution in [0.25, 0.3) is 0 Å². The molecule has 0 spiro atoms. The fourth-order valence-corrected chi connectivity index (χ4v) is 2.25. The van der Waals surface area contributed by atoms with Crippen molar-refractivity contribution in [2.45, 2.75) is 6.92 Å². The zero-order chi connectivity index (χ0) is 18.5. The number of amides is 2. The summed E-state index contributed by atoms with van der Waals surface area (Å²) >= 11 is 0. The van der Waals surface area contributed by atoms with Crippen molar-refractivity contribution in [2.75, 3.05) is 13.4 Å². The van der Waals surface area contributed by atoms with E-state index in [0.717, 1.165) is 5.56 Å². The van der Waals surface area contributed by atoms with Gasteiger partial charge in [-0.05, 0) is 55.0 Å². The second-order valence-corrected chi connectivity index (χ2v) is 5.49. The molecule has 0 fully saturated rings. The number of benzene rings is 2. The maximum atomic E-state index is 12.2. The zero-order valence-electron chi connectivity index (χ0n) is 14.0. The standard InChI is InChI=1S/C18H17N3O5/c1-11(12-2-5-14(6-3-12)24-9-17(19)22)20-21-18(23)13-4-7-15-16(8-13)26-10-25-15/h2-8H,9-10H2,1H3,(H2,19,22)(H,21,23)/b20-11+. The van der Waals surface area contributed by atoms with E-state index in [-0.39, 0.29) is 19.3 Å². The summed E-state index contributed by atoms with van der Waals surface area (Å²) in [7, 11) is 0. The average molecular weight is 355 g/mol. The number of hydrogen-bond acceptors (Lipinski definition) is 6. The molecule has 2 amide bonds. The number of fused-ring (bicyclic) bond motifs is 1. The second kappa shape index (κ2) is 7.56. The summed E-state index contributed by atoms with van der Waals surface area (Å²) in [5, 5.41) is 4.10. The Morgan fingerprint density at radius 2 is 1.81 bits per heavy atom. The van der Waals surface area contributed by atoms with Crippen LogP contribution in [0, 0.1) is 0 Å². The molecule has 0 aromatic heterocycles. The van der Waals surface area contributed by atoms with Gasteiger partial charge in [0, 0.05) is 5.56 Å². The first-order valence-electron chi connectivity index (χ1n) is 7.79. The third-order valence-corrected chi connectivity index (χ3v) is 3.61. The van der Waals surface area contributed by atoms with E-state index in [1.807, 2.05) is 0 Å². The SMILES string of the molecule is C/C(=N\NC(=O)c1ccc2c(c1)OCO2)c1ccc(OCC(N)=O)cc1. The van der Waals surface area contributed by atoms with Crippen LogP contribution in [0.15, 0.2) is 47.6 Å². The summed E-state index contributed by atoms with van der Waals surface area (Å²) < 4.78 is 15.7. The first-order chi connectivity index (χ1) is 12.5. The van der Waals surface area contributed by atoms with E-state index in [4.69, 9.17) is 19.9 Å². The van der Waals surface area contributed by atoms with Crippen LogP contribution in [0.1, 0.15) is 22.8 Å². The first-order valence-corrected chi connectivity index (χ1v) is 7.79. The Balaban J connectivity index is 1.62. The van der Waals surface area contributed by atoms with Crippen molar-refractivity contribution >= 4 is 17.5 Å². The van der Waals surface area contributed by atoms with Crippen molar-refractivity contribution in [2.24, 2.45) is 10.8 Å². The second-order valence-electron chi connectivity index (χ2n) is 5.49. The predicted molar refractivity (Wildman–Crippen MR) is 93.4 cm³/mol. The van der Waals surface area contributed by atoms with Crippen molar-refractivity contribution in [1.29, 1.82) is 0 Å². The topological polar surface area (TPSA) is 112 Å². The molecule has 0 saturated heterocycles. The Hall–Kier alpha value is -3.55. The largest absolute Gasteiger partial charge is 0.484 e. The summed E-state index contributed by atoms with van der Waals surface area (Å²) in [6.07, 6.45) is 0. The van der Waals surface area contributed by atoms with Crippen LogP contribution in [-0.2, 0) is 4.79 Å². The van der Waals surface area contributed by atoms with Crippen molar-refractivity contribution < 1.29 is 23.8 Å². The van der Waals surface area contributed by atoms with Gasteiger partial charge in [0.05, 0.1) is 5.71 Å². The summed E-state index contributed by atoms with van der Waals surface area (Å²) in [5.74, 6) is 0.761. The van der Waals surface area contributed by atoms with E-state index in [9.17, 15) is 9.59 Å². The van der Waals surface area contributed by atoms with Gasteiger partial charge in [-0.3, -0.25) is 9.59 Å². The number of nitrogens with zero attached hydrogens (tertiary/aromatic N) is 1. The van der Waals surface area contributed by atoms with Gasteiger partial charge >= 0.3 is 0 Å². The molecule has 3 rings (SSSR count). The highest BCUT2D eigenvalue weighted by molar-refractivity contribution is 6.01. The lowest BCUT2D eigenvalue weighted by molar-refractivity contribution is -0.119. The molecule has 1 heterocycles. The van der Waals surface area contributed by atoms with Crippen LogP contribution >= 0.6 is 0 Å². The number of ether oxygens (including phenoxy) is 3. The maximum Gasteiger partial charge on any atom is 0.271 e. The van der Waals surface area contributed by atoms with E-state index >= 15 is 0 Å². The lowest BCUT2D eigenvalue weighted by Crippen LogP contribution is -2.20. The van der Waals surface area contributed by atoms with Crippen molar-refractivity contribution in [3.05, 3.63) is 53.6 Å². The summed E-state index contributed by atoms with van der Waals surface area (Å²) in [4.78, 5) is 22.9. The Bertz CT molecular complexity index is 862. The number of hydrogen-bond donors (Lipinski definition) is 2. The monoisotopic (exact) mass is 355 g/mol. The molecule has 8 nitrogen and oxygen atoms in total. The summed E-state index contributed by atoms with van der Waals surface area (Å²) in [5.41, 5.74) is 9.35. The Labute approximate surface area is 149 Å². The van der Waals surface area contributed by atoms with Crippen LogP contribution in [0.2, 0.25) is 0 Å². The molecule has 2 aromatic carbocycles. The van der Waals surface area contributed by atoms with E-state index in [1.165, 1.54) is 0 Å². The molecule has 26 heavy (non-hydrogen) atoms. The van der Waals surface area contributed by atoms with E-state index in [0.29, 0.717) is 28.5 Å². The molecule has 0 saturated carbocycles. The molecule has 0 unspecified atom stereocenters. The lowest BCUT2D eigenvalue weighted by Gasteiger charge is -2.06. The van der Waals surface area contributed by atoms with Gasteiger partial charge in [-0.25, -0.2) is 5.43 Å². The minimum absolute atomic E-state index is 0.150. The molecule has 0 bridgehead atoms. The lowest BCUT2D eigenvalue weighted by atomic mass is 10.1. The fraction of sp³-hybridized carbons (Fsp3) is 0.167. The van der Waals surface area contributed by atoms with E-state index in [1.54, 1.807) is 49.4 Å². The molecule has 0 atom stereocenters. The molecule has 0 radical (unpaired) electrons. The Morgan fingerprint density at radius 3 is 2.54 bits per heavy atom. The number of nitrogens with two attached hydrogens (primary N) is 1. The van der Waals surface area contributed by atoms with Gasteiger partial charge in [0.1, 0.15) is 5.75 Å². The van der Waals surface area contributed by atoms with Crippen molar-refractivity contribution in [3.63, 3.8) is 0 Å². The number of carbonyl (C=O) groups excluding carboxylic acids is 2. The molecule has 0 aliphatic carbocycles. The van der Waals surface area contributed by atoms with Gasteiger partial charge in [-0.2, -0.15) is 5.10 Å². The highest BCUT2D eigenvalue weighted by atomic mass is 16.7. The van der Waals surface area contributed by atoms with Crippen LogP contribution < -0.4 is 25.4 Å². The summed E-state index contributed by atoms with van der Waals surface area (Å²) in [6.45, 7) is 1.73. The van der Waals surface area contributed by atoms with Crippen molar-refractivity contribution in [3.8, 4) is 17.2 Å². The molecule has 8 heteroatoms. The quantitative estimate of drug-likeness (QED) is 0.601. The minimum Gasteiger partial charge on any atom is -0.484 e. The van der Waals surface area contributed by atoms with Crippen LogP contribution in [0.4, 0.5) is 0 Å². The zero-order valence-corrected chi connectivity index (χ0v) is 14.0. The van der Waals surface area contributed by atoms with Crippen LogP contribution in [-0.4, -0.2) is 30.9 Å². The molecule has 3 N–H and O–H groups in total. The minimum atomic E-state index is -0.543. The molecule has 2 aromatic rings. The molecule has 1 aliphatic heterocycles. The molecule has 1 aliphatic rings. The predicted octanol–water partition coefficient (Wildman–Crippen LogP) is 1.43. The number of nitrogens with one attached hydrogen (secondary N) is 1. The van der Waals surface area contributed by atoms with Gasteiger partial charge in [-0.1, -0.05) is 0 Å². The first kappa shape index (κ1) is 17.3.